The van der Waals surface area contributed by atoms with E-state index in [2.05, 4.69) is 17.6 Å². The number of fused-ring (bicyclic) bond motifs is 2. The third-order valence-corrected chi connectivity index (χ3v) is 6.91. The van der Waals surface area contributed by atoms with E-state index in [0.717, 1.165) is 12.8 Å². The number of aliphatic hydroxyl groups is 1. The maximum atomic E-state index is 13.6. The van der Waals surface area contributed by atoms with Gasteiger partial charge in [-0.3, -0.25) is 9.59 Å². The van der Waals surface area contributed by atoms with Crippen LogP contribution in [0, 0.1) is 11.8 Å². The lowest BCUT2D eigenvalue weighted by Crippen LogP contribution is -2.56. The van der Waals surface area contributed by atoms with Gasteiger partial charge in [0.15, 0.2) is 0 Å². The molecular weight excluding hydrogens is 454 g/mol. The van der Waals surface area contributed by atoms with Gasteiger partial charge in [-0.05, 0) is 58.8 Å². The van der Waals surface area contributed by atoms with Crippen LogP contribution < -0.4 is 10.6 Å². The van der Waals surface area contributed by atoms with Gasteiger partial charge in [-0.15, -0.1) is 0 Å². The molecule has 10 heteroatoms. The molecule has 2 aliphatic heterocycles. The molecule has 1 aliphatic carbocycles. The minimum atomic E-state index is -1.16. The van der Waals surface area contributed by atoms with Crippen LogP contribution in [-0.2, 0) is 23.9 Å². The highest BCUT2D eigenvalue weighted by Gasteiger charge is 2.62. The van der Waals surface area contributed by atoms with E-state index in [-0.39, 0.29) is 24.8 Å². The minimum Gasteiger partial charge on any atom is -0.467 e. The second-order valence-corrected chi connectivity index (χ2v) is 11.0. The quantitative estimate of drug-likeness (QED) is 0.393. The molecule has 3 N–H and O–H groups in total. The number of alkyl carbamates (subject to hydrolysis) is 1. The monoisotopic (exact) mass is 493 g/mol. The van der Waals surface area contributed by atoms with E-state index in [9.17, 15) is 24.3 Å². The van der Waals surface area contributed by atoms with Crippen molar-refractivity contribution in [2.24, 2.45) is 11.8 Å². The molecule has 3 amide bonds. The van der Waals surface area contributed by atoms with Crippen LogP contribution in [0.1, 0.15) is 66.2 Å². The van der Waals surface area contributed by atoms with Crippen molar-refractivity contribution in [1.82, 2.24) is 15.5 Å². The summed E-state index contributed by atoms with van der Waals surface area (Å²) >= 11 is 0. The number of allylic oxidation sites excluding steroid dienone is 1. The van der Waals surface area contributed by atoms with Crippen molar-refractivity contribution in [3.63, 3.8) is 0 Å². The lowest BCUT2D eigenvalue weighted by atomic mass is 9.96. The van der Waals surface area contributed by atoms with Crippen molar-refractivity contribution in [3.8, 4) is 0 Å². The normalized spacial score (nSPS) is 34.9. The first kappa shape index (κ1) is 27.0. The number of amides is 3. The van der Waals surface area contributed by atoms with Crippen LogP contribution in [-0.4, -0.2) is 76.9 Å². The van der Waals surface area contributed by atoms with Crippen LogP contribution in [0.5, 0.6) is 0 Å². The average molecular weight is 494 g/mol. The molecule has 1 unspecified atom stereocenters. The summed E-state index contributed by atoms with van der Waals surface area (Å²) in [7, 11) is 1.28. The van der Waals surface area contributed by atoms with Gasteiger partial charge in [-0.1, -0.05) is 19.1 Å². The van der Waals surface area contributed by atoms with Crippen molar-refractivity contribution < 1.29 is 33.8 Å². The van der Waals surface area contributed by atoms with Gasteiger partial charge in [0.25, 0.3) is 0 Å². The van der Waals surface area contributed by atoms with Crippen LogP contribution in [0.15, 0.2) is 12.2 Å². The summed E-state index contributed by atoms with van der Waals surface area (Å²) < 4.78 is 10.3. The molecule has 2 fully saturated rings. The Kier molecular flexibility index (Phi) is 8.14. The van der Waals surface area contributed by atoms with Crippen molar-refractivity contribution in [3.05, 3.63) is 12.2 Å². The number of methoxy groups -OCH3 is 1. The lowest BCUT2D eigenvalue weighted by molar-refractivity contribution is -0.148. The Morgan fingerprint density at radius 2 is 1.94 bits per heavy atom. The van der Waals surface area contributed by atoms with Gasteiger partial charge in [0.1, 0.15) is 23.2 Å². The van der Waals surface area contributed by atoms with Crippen LogP contribution in [0.25, 0.3) is 0 Å². The summed E-state index contributed by atoms with van der Waals surface area (Å²) in [6.07, 6.45) is 5.55. The zero-order chi connectivity index (χ0) is 26.0. The first-order valence-electron chi connectivity index (χ1n) is 12.4. The van der Waals surface area contributed by atoms with E-state index in [0.29, 0.717) is 19.3 Å². The summed E-state index contributed by atoms with van der Waals surface area (Å²) in [5.41, 5.74) is -1.90. The highest BCUT2D eigenvalue weighted by Crippen LogP contribution is 2.46. The fraction of sp³-hybridized carbons (Fsp3) is 0.760. The van der Waals surface area contributed by atoms with E-state index in [1.807, 2.05) is 12.2 Å². The fourth-order valence-corrected chi connectivity index (χ4v) is 4.89. The van der Waals surface area contributed by atoms with E-state index in [1.54, 1.807) is 20.8 Å². The maximum Gasteiger partial charge on any atom is 0.408 e. The molecule has 0 aromatic heterocycles. The standard InChI is InChI=1S/C25H39N3O7/c1-15-8-6-7-9-16-13-25(16,22(32)34-5)27-20(30)19-12-17(29)14-28(19)21(31)18(11-10-15)26-23(33)35-24(2,3)4/h7,9,15-19,29H,6,8,10-14H2,1-5H3,(H,26,33)(H,27,30)/b9-7-/t15-,16?,17-,18-,19-,25+/m0/s1. The van der Waals surface area contributed by atoms with Crippen molar-refractivity contribution >= 4 is 23.9 Å². The topological polar surface area (TPSA) is 134 Å². The third-order valence-electron chi connectivity index (χ3n) is 6.91. The summed E-state index contributed by atoms with van der Waals surface area (Å²) in [5, 5.41) is 15.8. The summed E-state index contributed by atoms with van der Waals surface area (Å²) in [6.45, 7) is 7.26. The number of aliphatic hydroxyl groups excluding tert-OH is 1. The number of carbonyl (C=O) groups is 4. The van der Waals surface area contributed by atoms with Crippen molar-refractivity contribution in [2.75, 3.05) is 13.7 Å². The first-order valence-corrected chi connectivity index (χ1v) is 12.4. The van der Waals surface area contributed by atoms with Crippen molar-refractivity contribution in [2.45, 2.75) is 95.5 Å². The second-order valence-electron chi connectivity index (χ2n) is 11.0. The average Bonchev–Trinajstić information content (AvgIpc) is 3.31. The Hall–Kier alpha value is -2.62. The fourth-order valence-electron chi connectivity index (χ4n) is 4.89. The predicted octanol–water partition coefficient (Wildman–Crippen LogP) is 1.66. The third kappa shape index (κ3) is 6.54. The van der Waals surface area contributed by atoms with Crippen LogP contribution in [0.4, 0.5) is 4.79 Å². The number of hydrogen-bond acceptors (Lipinski definition) is 7. The first-order chi connectivity index (χ1) is 16.4. The maximum absolute atomic E-state index is 13.6. The zero-order valence-corrected chi connectivity index (χ0v) is 21.3. The molecule has 2 heterocycles. The summed E-state index contributed by atoms with van der Waals surface area (Å²) in [6, 6.07) is -1.87. The van der Waals surface area contributed by atoms with Gasteiger partial charge >= 0.3 is 12.1 Å². The molecule has 0 bridgehead atoms. The van der Waals surface area contributed by atoms with E-state index in [1.165, 1.54) is 12.0 Å². The lowest BCUT2D eigenvalue weighted by Gasteiger charge is -2.30. The number of nitrogens with zero attached hydrogens (tertiary/aromatic N) is 1. The summed E-state index contributed by atoms with van der Waals surface area (Å²) in [4.78, 5) is 53.3. The van der Waals surface area contributed by atoms with Gasteiger partial charge in [-0.2, -0.15) is 0 Å². The molecule has 0 radical (unpaired) electrons. The number of carbonyl (C=O) groups excluding carboxylic acids is 4. The number of ether oxygens (including phenoxy) is 2. The highest BCUT2D eigenvalue weighted by atomic mass is 16.6. The largest absolute Gasteiger partial charge is 0.467 e. The Morgan fingerprint density at radius 1 is 1.23 bits per heavy atom. The number of esters is 1. The molecule has 1 saturated carbocycles. The Labute approximate surface area is 206 Å². The number of rotatable bonds is 2. The molecule has 0 spiro atoms. The molecule has 1 saturated heterocycles. The molecule has 3 rings (SSSR count). The highest BCUT2D eigenvalue weighted by molar-refractivity contribution is 5.96. The van der Waals surface area contributed by atoms with Gasteiger partial charge in [0.2, 0.25) is 11.8 Å². The molecule has 35 heavy (non-hydrogen) atoms. The Bertz CT molecular complexity index is 868. The predicted molar refractivity (Wildman–Crippen MR) is 127 cm³/mol. The van der Waals surface area contributed by atoms with E-state index in [4.69, 9.17) is 9.47 Å². The van der Waals surface area contributed by atoms with Gasteiger partial charge in [-0.25, -0.2) is 9.59 Å². The van der Waals surface area contributed by atoms with Gasteiger partial charge < -0.3 is 30.1 Å². The van der Waals surface area contributed by atoms with Crippen molar-refractivity contribution in [1.29, 1.82) is 0 Å². The second kappa shape index (κ2) is 10.6. The van der Waals surface area contributed by atoms with Crippen LogP contribution >= 0.6 is 0 Å². The zero-order valence-electron chi connectivity index (χ0n) is 21.3. The van der Waals surface area contributed by atoms with E-state index < -0.39 is 53.2 Å². The molecule has 0 aromatic carbocycles. The van der Waals surface area contributed by atoms with Gasteiger partial charge in [0, 0.05) is 18.9 Å². The molecular formula is C25H39N3O7. The molecule has 3 aliphatic rings. The van der Waals surface area contributed by atoms with E-state index >= 15 is 0 Å². The smallest absolute Gasteiger partial charge is 0.408 e. The van der Waals surface area contributed by atoms with Crippen LogP contribution in [0.2, 0.25) is 0 Å². The Morgan fingerprint density at radius 3 is 2.60 bits per heavy atom. The minimum absolute atomic E-state index is 0.0342. The summed E-state index contributed by atoms with van der Waals surface area (Å²) in [5.74, 6) is -1.40. The number of hydrogen-bond donors (Lipinski definition) is 3. The molecule has 196 valence electrons. The van der Waals surface area contributed by atoms with Gasteiger partial charge in [0.05, 0.1) is 13.2 Å². The van der Waals surface area contributed by atoms with Crippen LogP contribution in [0.3, 0.4) is 0 Å². The molecule has 10 nitrogen and oxygen atoms in total. The molecule has 6 atom stereocenters. The Balaban J connectivity index is 1.88. The molecule has 0 aromatic rings. The number of nitrogens with one attached hydrogen (secondary N) is 2. The SMILES string of the molecule is COC(=O)[C@@]12CC1/C=C\CC[C@H](C)CC[C@H](NC(=O)OC(C)(C)C)C(=O)N1C[C@@H](O)C[C@H]1C(=O)N2.